The van der Waals surface area contributed by atoms with Crippen molar-refractivity contribution in [3.63, 3.8) is 0 Å². The monoisotopic (exact) mass is 299 g/mol. The fraction of sp³-hybridized carbons (Fsp3) is 0.235. The van der Waals surface area contributed by atoms with E-state index in [1.54, 1.807) is 24.9 Å². The van der Waals surface area contributed by atoms with Gasteiger partial charge in [0.2, 0.25) is 0 Å². The molecular weight excluding hydrogens is 282 g/mol. The summed E-state index contributed by atoms with van der Waals surface area (Å²) in [6.45, 7) is 0. The third-order valence-electron chi connectivity index (χ3n) is 3.56. The molecule has 3 nitrogen and oxygen atoms in total. The number of carbonyl (C=O) groups is 1. The van der Waals surface area contributed by atoms with Crippen molar-refractivity contribution in [3.8, 4) is 5.75 Å². The van der Waals surface area contributed by atoms with Gasteiger partial charge in [0.05, 0.1) is 18.5 Å². The summed E-state index contributed by atoms with van der Waals surface area (Å²) in [6.07, 6.45) is 0. The first-order valence-corrected chi connectivity index (χ1v) is 7.93. The Labute approximate surface area is 128 Å². The Morgan fingerprint density at radius 1 is 1.19 bits per heavy atom. The molecule has 0 bridgehead atoms. The van der Waals surface area contributed by atoms with Gasteiger partial charge in [0.1, 0.15) is 5.75 Å². The number of rotatable bonds is 4. The van der Waals surface area contributed by atoms with E-state index in [1.807, 2.05) is 36.4 Å². The smallest absolute Gasteiger partial charge is 0.180 e. The van der Waals surface area contributed by atoms with Gasteiger partial charge in [-0.3, -0.25) is 10.1 Å². The fourth-order valence-corrected chi connectivity index (χ4v) is 3.66. The van der Waals surface area contributed by atoms with Crippen molar-refractivity contribution in [2.45, 2.75) is 11.4 Å². The molecule has 2 unspecified atom stereocenters. The number of ether oxygens (including phenoxy) is 1. The second-order valence-electron chi connectivity index (χ2n) is 4.94. The average Bonchev–Trinajstić information content (AvgIpc) is 3.05. The van der Waals surface area contributed by atoms with Crippen molar-refractivity contribution in [1.29, 1.82) is 0 Å². The van der Waals surface area contributed by atoms with Crippen LogP contribution in [0.15, 0.2) is 54.6 Å². The summed E-state index contributed by atoms with van der Waals surface area (Å²) >= 11 is 1.77. The maximum atomic E-state index is 12.6. The van der Waals surface area contributed by atoms with Crippen LogP contribution in [0.25, 0.3) is 0 Å². The molecule has 1 aliphatic rings. The Hall–Kier alpha value is -1.78. The minimum atomic E-state index is -0.146. The van der Waals surface area contributed by atoms with Crippen molar-refractivity contribution >= 4 is 17.5 Å². The molecule has 0 amide bonds. The molecule has 108 valence electrons. The summed E-state index contributed by atoms with van der Waals surface area (Å²) in [6, 6.07) is 17.4. The Morgan fingerprint density at radius 3 is 2.76 bits per heavy atom. The number of hydrogen-bond acceptors (Lipinski definition) is 4. The van der Waals surface area contributed by atoms with Gasteiger partial charge in [0.15, 0.2) is 5.78 Å². The molecule has 1 aliphatic heterocycles. The second-order valence-corrected chi connectivity index (χ2v) is 6.08. The molecule has 3 rings (SSSR count). The SMILES string of the molecule is COc1cccc(C(=O)C2CSC(c3ccccc3)N2)c1. The van der Waals surface area contributed by atoms with Crippen LogP contribution in [0, 0.1) is 0 Å². The van der Waals surface area contributed by atoms with Crippen LogP contribution in [0.3, 0.4) is 0 Å². The summed E-state index contributed by atoms with van der Waals surface area (Å²) in [7, 11) is 1.61. The fourth-order valence-electron chi connectivity index (χ4n) is 2.42. The Balaban J connectivity index is 1.72. The number of hydrogen-bond donors (Lipinski definition) is 1. The molecule has 2 aromatic carbocycles. The zero-order valence-corrected chi connectivity index (χ0v) is 12.6. The highest BCUT2D eigenvalue weighted by Gasteiger charge is 2.31. The molecule has 2 aromatic rings. The van der Waals surface area contributed by atoms with Gasteiger partial charge in [-0.2, -0.15) is 0 Å². The molecule has 1 saturated heterocycles. The standard InChI is InChI=1S/C17H17NO2S/c1-20-14-9-5-8-13(10-14)16(19)15-11-21-17(18-15)12-6-3-2-4-7-12/h2-10,15,17-18H,11H2,1H3. The van der Waals surface area contributed by atoms with E-state index in [-0.39, 0.29) is 17.2 Å². The maximum Gasteiger partial charge on any atom is 0.180 e. The normalized spacial score (nSPS) is 21.2. The molecule has 1 N–H and O–H groups in total. The van der Waals surface area contributed by atoms with Gasteiger partial charge < -0.3 is 4.74 Å². The number of nitrogens with one attached hydrogen (secondary N) is 1. The molecule has 1 heterocycles. The molecule has 0 aromatic heterocycles. The minimum absolute atomic E-state index is 0.125. The predicted octanol–water partition coefficient (Wildman–Crippen LogP) is 3.28. The predicted molar refractivity (Wildman–Crippen MR) is 85.9 cm³/mol. The number of methoxy groups -OCH3 is 1. The molecule has 4 heteroatoms. The third kappa shape index (κ3) is 3.12. The van der Waals surface area contributed by atoms with Crippen LogP contribution >= 0.6 is 11.8 Å². The van der Waals surface area contributed by atoms with Crippen molar-refractivity contribution in [2.75, 3.05) is 12.9 Å². The highest BCUT2D eigenvalue weighted by molar-refractivity contribution is 7.99. The van der Waals surface area contributed by atoms with E-state index in [1.165, 1.54) is 5.56 Å². The van der Waals surface area contributed by atoms with E-state index < -0.39 is 0 Å². The van der Waals surface area contributed by atoms with Crippen molar-refractivity contribution in [3.05, 3.63) is 65.7 Å². The van der Waals surface area contributed by atoms with E-state index in [0.717, 1.165) is 5.75 Å². The van der Waals surface area contributed by atoms with Crippen molar-refractivity contribution in [1.82, 2.24) is 5.32 Å². The van der Waals surface area contributed by atoms with E-state index in [0.29, 0.717) is 11.3 Å². The zero-order valence-electron chi connectivity index (χ0n) is 11.8. The van der Waals surface area contributed by atoms with Crippen LogP contribution in [0.1, 0.15) is 21.3 Å². The van der Waals surface area contributed by atoms with Gasteiger partial charge >= 0.3 is 0 Å². The Kier molecular flexibility index (Phi) is 4.27. The highest BCUT2D eigenvalue weighted by atomic mass is 32.2. The van der Waals surface area contributed by atoms with Crippen molar-refractivity contribution < 1.29 is 9.53 Å². The quantitative estimate of drug-likeness (QED) is 0.879. The van der Waals surface area contributed by atoms with Crippen LogP contribution in [0.2, 0.25) is 0 Å². The summed E-state index contributed by atoms with van der Waals surface area (Å²) in [5.41, 5.74) is 1.91. The Bertz CT molecular complexity index is 630. The largest absolute Gasteiger partial charge is 0.497 e. The lowest BCUT2D eigenvalue weighted by atomic mass is 10.0. The van der Waals surface area contributed by atoms with E-state index >= 15 is 0 Å². The molecule has 2 atom stereocenters. The second kappa shape index (κ2) is 6.33. The summed E-state index contributed by atoms with van der Waals surface area (Å²) in [5, 5.41) is 3.60. The molecule has 21 heavy (non-hydrogen) atoms. The third-order valence-corrected chi connectivity index (χ3v) is 4.82. The number of thioether (sulfide) groups is 1. The lowest BCUT2D eigenvalue weighted by molar-refractivity contribution is 0.0955. The first-order valence-electron chi connectivity index (χ1n) is 6.89. The van der Waals surface area contributed by atoms with Gasteiger partial charge in [-0.1, -0.05) is 42.5 Å². The zero-order chi connectivity index (χ0) is 14.7. The molecule has 0 spiro atoms. The lowest BCUT2D eigenvalue weighted by Crippen LogP contribution is -2.34. The summed E-state index contributed by atoms with van der Waals surface area (Å²) in [5.74, 6) is 1.63. The van der Waals surface area contributed by atoms with Crippen LogP contribution < -0.4 is 10.1 Å². The minimum Gasteiger partial charge on any atom is -0.497 e. The average molecular weight is 299 g/mol. The summed E-state index contributed by atoms with van der Waals surface area (Å²) in [4.78, 5) is 12.6. The maximum absolute atomic E-state index is 12.6. The molecular formula is C17H17NO2S. The van der Waals surface area contributed by atoms with Crippen LogP contribution in [-0.2, 0) is 0 Å². The van der Waals surface area contributed by atoms with Crippen LogP contribution in [0.4, 0.5) is 0 Å². The number of benzene rings is 2. The van der Waals surface area contributed by atoms with Gasteiger partial charge in [-0.15, -0.1) is 11.8 Å². The topological polar surface area (TPSA) is 38.3 Å². The summed E-state index contributed by atoms with van der Waals surface area (Å²) < 4.78 is 5.18. The van der Waals surface area contributed by atoms with Gasteiger partial charge in [-0.25, -0.2) is 0 Å². The van der Waals surface area contributed by atoms with Gasteiger partial charge in [0.25, 0.3) is 0 Å². The molecule has 0 radical (unpaired) electrons. The number of ketones is 1. The molecule has 1 fully saturated rings. The first-order chi connectivity index (χ1) is 10.3. The van der Waals surface area contributed by atoms with Crippen LogP contribution in [-0.4, -0.2) is 24.7 Å². The van der Waals surface area contributed by atoms with E-state index in [4.69, 9.17) is 4.74 Å². The molecule has 0 aliphatic carbocycles. The van der Waals surface area contributed by atoms with Gasteiger partial charge in [-0.05, 0) is 17.7 Å². The molecule has 0 saturated carbocycles. The highest BCUT2D eigenvalue weighted by Crippen LogP contribution is 2.33. The Morgan fingerprint density at radius 2 is 2.00 bits per heavy atom. The van der Waals surface area contributed by atoms with Crippen LogP contribution in [0.5, 0.6) is 5.75 Å². The van der Waals surface area contributed by atoms with E-state index in [9.17, 15) is 4.79 Å². The number of carbonyl (C=O) groups excluding carboxylic acids is 1. The van der Waals surface area contributed by atoms with Gasteiger partial charge in [0, 0.05) is 11.3 Å². The van der Waals surface area contributed by atoms with E-state index in [2.05, 4.69) is 17.4 Å². The number of Topliss-reactive ketones (excluding diaryl/α,β-unsaturated/α-hetero) is 1. The first kappa shape index (κ1) is 14.2. The van der Waals surface area contributed by atoms with Crippen molar-refractivity contribution in [2.24, 2.45) is 0 Å². The lowest BCUT2D eigenvalue weighted by Gasteiger charge is -2.13.